The average molecular weight is 337 g/mol. The quantitative estimate of drug-likeness (QED) is 0.866. The van der Waals surface area contributed by atoms with E-state index in [1.165, 1.54) is 24.3 Å². The van der Waals surface area contributed by atoms with Crippen molar-refractivity contribution in [3.63, 3.8) is 0 Å². The van der Waals surface area contributed by atoms with Crippen molar-refractivity contribution in [2.45, 2.75) is 44.2 Å². The molecule has 2 fully saturated rings. The molecule has 2 atom stereocenters. The van der Waals surface area contributed by atoms with E-state index in [-0.39, 0.29) is 17.6 Å². The van der Waals surface area contributed by atoms with Crippen molar-refractivity contribution in [1.82, 2.24) is 15.5 Å². The van der Waals surface area contributed by atoms with Gasteiger partial charge >= 0.3 is 6.03 Å². The molecule has 0 radical (unpaired) electrons. The zero-order valence-corrected chi connectivity index (χ0v) is 14.8. The number of hydrogen-bond donors (Lipinski definition) is 2. The van der Waals surface area contributed by atoms with Gasteiger partial charge in [0.15, 0.2) is 0 Å². The molecule has 128 valence electrons. The lowest BCUT2D eigenvalue weighted by Gasteiger charge is -2.35. The van der Waals surface area contributed by atoms with E-state index < -0.39 is 0 Å². The van der Waals surface area contributed by atoms with Gasteiger partial charge in [0.25, 0.3) is 0 Å². The second-order valence-electron chi connectivity index (χ2n) is 7.17. The lowest BCUT2D eigenvalue weighted by molar-refractivity contribution is -0.0457. The molecule has 2 aliphatic rings. The highest BCUT2D eigenvalue weighted by Crippen LogP contribution is 2.26. The highest BCUT2D eigenvalue weighted by Gasteiger charge is 2.32. The van der Waals surface area contributed by atoms with Crippen molar-refractivity contribution in [2.75, 3.05) is 32.8 Å². The number of ether oxygens (including phenoxy) is 1. The molecule has 0 saturated carbocycles. The summed E-state index contributed by atoms with van der Waals surface area (Å²) in [5, 5.41) is 8.01. The van der Waals surface area contributed by atoms with Crippen LogP contribution in [0.1, 0.15) is 31.6 Å². The number of rotatable bonds is 5. The first kappa shape index (κ1) is 16.7. The molecular formula is C17H27N3O2S. The van der Waals surface area contributed by atoms with Gasteiger partial charge < -0.3 is 15.4 Å². The van der Waals surface area contributed by atoms with Crippen molar-refractivity contribution in [1.29, 1.82) is 0 Å². The normalized spacial score (nSPS) is 25.1. The fourth-order valence-corrected chi connectivity index (χ4v) is 4.18. The molecule has 6 heteroatoms. The molecule has 0 spiro atoms. The van der Waals surface area contributed by atoms with E-state index in [1.807, 2.05) is 6.07 Å². The van der Waals surface area contributed by atoms with Crippen molar-refractivity contribution < 1.29 is 9.53 Å². The van der Waals surface area contributed by atoms with Gasteiger partial charge in [-0.05, 0) is 30.8 Å². The summed E-state index contributed by atoms with van der Waals surface area (Å²) >= 11 is 1.73. The van der Waals surface area contributed by atoms with Crippen LogP contribution in [-0.2, 0) is 10.2 Å². The monoisotopic (exact) mass is 337 g/mol. The summed E-state index contributed by atoms with van der Waals surface area (Å²) in [6.45, 7) is 8.41. The van der Waals surface area contributed by atoms with Crippen LogP contribution in [0.15, 0.2) is 17.5 Å². The third kappa shape index (κ3) is 4.25. The smallest absolute Gasteiger partial charge is 0.314 e. The Kier molecular flexibility index (Phi) is 5.24. The first-order valence-electron chi connectivity index (χ1n) is 8.46. The van der Waals surface area contributed by atoms with Crippen molar-refractivity contribution in [3.8, 4) is 0 Å². The minimum atomic E-state index is -0.109. The maximum atomic E-state index is 12.0. The number of fused-ring (bicyclic) bond motifs is 1. The molecule has 3 rings (SSSR count). The van der Waals surface area contributed by atoms with Crippen LogP contribution in [0, 0.1) is 0 Å². The second kappa shape index (κ2) is 7.20. The number of carbonyl (C=O) groups excluding carboxylic acids is 1. The minimum Gasteiger partial charge on any atom is -0.373 e. The van der Waals surface area contributed by atoms with Gasteiger partial charge in [-0.25, -0.2) is 4.79 Å². The molecular weight excluding hydrogens is 310 g/mol. The molecule has 0 aromatic carbocycles. The van der Waals surface area contributed by atoms with Gasteiger partial charge in [0.2, 0.25) is 0 Å². The van der Waals surface area contributed by atoms with Gasteiger partial charge in [0, 0.05) is 36.0 Å². The molecule has 2 amide bonds. The van der Waals surface area contributed by atoms with E-state index in [1.54, 1.807) is 11.3 Å². The number of urea groups is 1. The fourth-order valence-electron chi connectivity index (χ4n) is 3.33. The zero-order chi connectivity index (χ0) is 16.3. The van der Waals surface area contributed by atoms with Crippen LogP contribution in [0.4, 0.5) is 4.79 Å². The molecule has 23 heavy (non-hydrogen) atoms. The van der Waals surface area contributed by atoms with Crippen LogP contribution in [-0.4, -0.2) is 55.9 Å². The molecule has 2 aliphatic heterocycles. The molecule has 2 saturated heterocycles. The SMILES string of the molecule is CC(C)(CNC(=O)NCC1CN2CCCC2CO1)c1cccs1. The summed E-state index contributed by atoms with van der Waals surface area (Å²) in [4.78, 5) is 15.8. The van der Waals surface area contributed by atoms with Crippen LogP contribution in [0.5, 0.6) is 0 Å². The number of nitrogens with one attached hydrogen (secondary N) is 2. The molecule has 1 aromatic rings. The molecule has 2 unspecified atom stereocenters. The number of thiophene rings is 1. The van der Waals surface area contributed by atoms with Gasteiger partial charge in [-0.15, -0.1) is 11.3 Å². The van der Waals surface area contributed by atoms with Crippen molar-refractivity contribution in [2.24, 2.45) is 0 Å². The molecule has 3 heterocycles. The maximum Gasteiger partial charge on any atom is 0.314 e. The van der Waals surface area contributed by atoms with Gasteiger partial charge in [0.05, 0.1) is 12.7 Å². The number of amides is 2. The predicted molar refractivity (Wildman–Crippen MR) is 93.1 cm³/mol. The Morgan fingerprint density at radius 2 is 2.35 bits per heavy atom. The molecule has 0 bridgehead atoms. The summed E-state index contributed by atoms with van der Waals surface area (Å²) in [7, 11) is 0. The summed E-state index contributed by atoms with van der Waals surface area (Å²) in [5.41, 5.74) is -0.0460. The largest absolute Gasteiger partial charge is 0.373 e. The first-order valence-corrected chi connectivity index (χ1v) is 9.34. The van der Waals surface area contributed by atoms with Crippen LogP contribution in [0.2, 0.25) is 0 Å². The predicted octanol–water partition coefficient (Wildman–Crippen LogP) is 2.19. The van der Waals surface area contributed by atoms with E-state index in [2.05, 4.69) is 40.8 Å². The van der Waals surface area contributed by atoms with Gasteiger partial charge in [0.1, 0.15) is 0 Å². The standard InChI is InChI=1S/C17H27N3O2S/c1-17(2,15-6-4-8-23-15)12-19-16(21)18-9-14-10-20-7-3-5-13(20)11-22-14/h4,6,8,13-14H,3,5,7,9-12H2,1-2H3,(H2,18,19,21). The lowest BCUT2D eigenvalue weighted by atomic mass is 9.91. The number of nitrogens with zero attached hydrogens (tertiary/aromatic N) is 1. The van der Waals surface area contributed by atoms with E-state index in [4.69, 9.17) is 4.74 Å². The Balaban J connectivity index is 1.38. The first-order chi connectivity index (χ1) is 11.0. The van der Waals surface area contributed by atoms with Crippen LogP contribution in [0.25, 0.3) is 0 Å². The molecule has 5 nitrogen and oxygen atoms in total. The van der Waals surface area contributed by atoms with Crippen LogP contribution < -0.4 is 10.6 Å². The summed E-state index contributed by atoms with van der Waals surface area (Å²) in [6, 6.07) is 4.66. The van der Waals surface area contributed by atoms with E-state index in [9.17, 15) is 4.79 Å². The van der Waals surface area contributed by atoms with E-state index >= 15 is 0 Å². The Morgan fingerprint density at radius 1 is 1.48 bits per heavy atom. The summed E-state index contributed by atoms with van der Waals surface area (Å²) in [5.74, 6) is 0. The number of carbonyl (C=O) groups is 1. The fraction of sp³-hybridized carbons (Fsp3) is 0.706. The average Bonchev–Trinajstić information content (AvgIpc) is 3.21. The highest BCUT2D eigenvalue weighted by atomic mass is 32.1. The Labute approximate surface area is 142 Å². The molecule has 2 N–H and O–H groups in total. The second-order valence-corrected chi connectivity index (χ2v) is 8.12. The van der Waals surface area contributed by atoms with Gasteiger partial charge in [-0.1, -0.05) is 19.9 Å². The maximum absolute atomic E-state index is 12.0. The topological polar surface area (TPSA) is 53.6 Å². The Morgan fingerprint density at radius 3 is 3.13 bits per heavy atom. The Bertz CT molecular complexity index is 518. The minimum absolute atomic E-state index is 0.0460. The Hall–Kier alpha value is -1.11. The van der Waals surface area contributed by atoms with E-state index in [0.29, 0.717) is 19.1 Å². The number of hydrogen-bond acceptors (Lipinski definition) is 4. The van der Waals surface area contributed by atoms with Gasteiger partial charge in [-0.3, -0.25) is 4.90 Å². The van der Waals surface area contributed by atoms with Crippen LogP contribution in [0.3, 0.4) is 0 Å². The van der Waals surface area contributed by atoms with E-state index in [0.717, 1.165) is 13.2 Å². The van der Waals surface area contributed by atoms with Crippen LogP contribution >= 0.6 is 11.3 Å². The number of morpholine rings is 1. The molecule has 1 aromatic heterocycles. The van der Waals surface area contributed by atoms with Crippen molar-refractivity contribution in [3.05, 3.63) is 22.4 Å². The highest BCUT2D eigenvalue weighted by molar-refractivity contribution is 7.10. The third-order valence-corrected chi connectivity index (χ3v) is 6.07. The molecule has 0 aliphatic carbocycles. The third-order valence-electron chi connectivity index (χ3n) is 4.83. The zero-order valence-electron chi connectivity index (χ0n) is 14.0. The van der Waals surface area contributed by atoms with Gasteiger partial charge in [-0.2, -0.15) is 0 Å². The summed E-state index contributed by atoms with van der Waals surface area (Å²) < 4.78 is 5.86. The summed E-state index contributed by atoms with van der Waals surface area (Å²) in [6.07, 6.45) is 2.63. The lowest BCUT2D eigenvalue weighted by Crippen LogP contribution is -2.51. The van der Waals surface area contributed by atoms with Crippen molar-refractivity contribution >= 4 is 17.4 Å².